The molecule has 21 heavy (non-hydrogen) atoms. The summed E-state index contributed by atoms with van der Waals surface area (Å²) in [6.07, 6.45) is 1.45. The Morgan fingerprint density at radius 3 is 2.43 bits per heavy atom. The third-order valence-corrected chi connectivity index (χ3v) is 3.40. The number of hydrogen-bond acceptors (Lipinski definition) is 5. The molecule has 0 fully saturated rings. The van der Waals surface area contributed by atoms with Crippen LogP contribution in [0, 0.1) is 6.92 Å². The standard InChI is InChI=1S/C14H13BrN2O4/c1-8-6-9(15)4-5-11(8)17-7-10(13(18)20-2)12(16-17)14(19)21-3/h4-7H,1-3H3. The van der Waals surface area contributed by atoms with Gasteiger partial charge in [-0.15, -0.1) is 0 Å². The zero-order valence-electron chi connectivity index (χ0n) is 11.7. The molecular formula is C14H13BrN2O4. The fourth-order valence-corrected chi connectivity index (χ4v) is 2.36. The number of carbonyl (C=O) groups excluding carboxylic acids is 2. The number of carbonyl (C=O) groups is 2. The van der Waals surface area contributed by atoms with E-state index >= 15 is 0 Å². The lowest BCUT2D eigenvalue weighted by Crippen LogP contribution is -2.10. The zero-order chi connectivity index (χ0) is 15.6. The summed E-state index contributed by atoms with van der Waals surface area (Å²) in [5.41, 5.74) is 1.66. The van der Waals surface area contributed by atoms with Crippen molar-refractivity contribution in [3.8, 4) is 5.69 Å². The summed E-state index contributed by atoms with van der Waals surface area (Å²) in [4.78, 5) is 23.5. The van der Waals surface area contributed by atoms with Crippen molar-refractivity contribution in [1.82, 2.24) is 9.78 Å². The first-order chi connectivity index (χ1) is 9.97. The van der Waals surface area contributed by atoms with Crippen molar-refractivity contribution in [1.29, 1.82) is 0 Å². The molecule has 0 saturated carbocycles. The molecule has 0 amide bonds. The predicted molar refractivity (Wildman–Crippen MR) is 78.7 cm³/mol. The highest BCUT2D eigenvalue weighted by molar-refractivity contribution is 9.10. The van der Waals surface area contributed by atoms with E-state index in [1.807, 2.05) is 25.1 Å². The van der Waals surface area contributed by atoms with Crippen molar-refractivity contribution >= 4 is 27.9 Å². The van der Waals surface area contributed by atoms with Gasteiger partial charge >= 0.3 is 11.9 Å². The fourth-order valence-electron chi connectivity index (χ4n) is 1.88. The van der Waals surface area contributed by atoms with Gasteiger partial charge < -0.3 is 9.47 Å². The molecule has 1 heterocycles. The summed E-state index contributed by atoms with van der Waals surface area (Å²) in [5.74, 6) is -1.33. The number of esters is 2. The van der Waals surface area contributed by atoms with E-state index in [1.165, 1.54) is 25.1 Å². The molecule has 0 saturated heterocycles. The highest BCUT2D eigenvalue weighted by Crippen LogP contribution is 2.21. The van der Waals surface area contributed by atoms with Crippen molar-refractivity contribution in [2.24, 2.45) is 0 Å². The molecule has 0 aliphatic carbocycles. The second-order valence-corrected chi connectivity index (χ2v) is 5.17. The summed E-state index contributed by atoms with van der Waals surface area (Å²) in [6, 6.07) is 5.58. The SMILES string of the molecule is COC(=O)c1cn(-c2ccc(Br)cc2C)nc1C(=O)OC. The molecule has 0 bridgehead atoms. The smallest absolute Gasteiger partial charge is 0.359 e. The third-order valence-electron chi connectivity index (χ3n) is 2.90. The molecule has 0 N–H and O–H groups in total. The average Bonchev–Trinajstić information content (AvgIpc) is 2.90. The molecule has 6 nitrogen and oxygen atoms in total. The van der Waals surface area contributed by atoms with Crippen molar-refractivity contribution in [2.45, 2.75) is 6.92 Å². The first kappa shape index (κ1) is 15.2. The number of halogens is 1. The number of hydrogen-bond donors (Lipinski definition) is 0. The van der Waals surface area contributed by atoms with Gasteiger partial charge in [-0.05, 0) is 30.7 Å². The number of aryl methyl sites for hydroxylation is 1. The molecule has 1 aromatic heterocycles. The maximum Gasteiger partial charge on any atom is 0.359 e. The van der Waals surface area contributed by atoms with Crippen molar-refractivity contribution in [2.75, 3.05) is 14.2 Å². The Morgan fingerprint density at radius 1 is 1.19 bits per heavy atom. The molecule has 110 valence electrons. The van der Waals surface area contributed by atoms with E-state index in [-0.39, 0.29) is 11.3 Å². The second-order valence-electron chi connectivity index (χ2n) is 4.25. The summed E-state index contributed by atoms with van der Waals surface area (Å²) >= 11 is 3.38. The average molecular weight is 353 g/mol. The number of rotatable bonds is 3. The summed E-state index contributed by atoms with van der Waals surface area (Å²) < 4.78 is 11.7. The van der Waals surface area contributed by atoms with Gasteiger partial charge in [-0.3, -0.25) is 0 Å². The molecule has 0 atom stereocenters. The van der Waals surface area contributed by atoms with Crippen LogP contribution in [0.1, 0.15) is 26.4 Å². The Morgan fingerprint density at radius 2 is 1.86 bits per heavy atom. The Kier molecular flexibility index (Phi) is 4.42. The van der Waals surface area contributed by atoms with Gasteiger partial charge in [0.2, 0.25) is 0 Å². The van der Waals surface area contributed by atoms with Crippen LogP contribution < -0.4 is 0 Å². The Labute approximate surface area is 129 Å². The normalized spacial score (nSPS) is 10.3. The van der Waals surface area contributed by atoms with Crippen LogP contribution in [0.15, 0.2) is 28.9 Å². The van der Waals surface area contributed by atoms with Crippen LogP contribution >= 0.6 is 15.9 Å². The van der Waals surface area contributed by atoms with Crippen molar-refractivity contribution < 1.29 is 19.1 Å². The van der Waals surface area contributed by atoms with Gasteiger partial charge in [-0.1, -0.05) is 15.9 Å². The zero-order valence-corrected chi connectivity index (χ0v) is 13.3. The largest absolute Gasteiger partial charge is 0.465 e. The number of methoxy groups -OCH3 is 2. The van der Waals surface area contributed by atoms with Crippen LogP contribution in [0.4, 0.5) is 0 Å². The third kappa shape index (κ3) is 2.97. The van der Waals surface area contributed by atoms with E-state index in [2.05, 4.69) is 30.5 Å². The van der Waals surface area contributed by atoms with Crippen LogP contribution in [-0.2, 0) is 9.47 Å². The van der Waals surface area contributed by atoms with Crippen molar-refractivity contribution in [3.63, 3.8) is 0 Å². The minimum atomic E-state index is -0.691. The van der Waals surface area contributed by atoms with Crippen LogP contribution in [0.3, 0.4) is 0 Å². The summed E-state index contributed by atoms with van der Waals surface area (Å²) in [6.45, 7) is 1.90. The molecule has 0 unspecified atom stereocenters. The monoisotopic (exact) mass is 352 g/mol. The summed E-state index contributed by atoms with van der Waals surface area (Å²) in [5, 5.41) is 4.14. The number of nitrogens with zero attached hydrogens (tertiary/aromatic N) is 2. The first-order valence-electron chi connectivity index (χ1n) is 6.00. The molecule has 0 spiro atoms. The van der Waals surface area contributed by atoms with Gasteiger partial charge in [0.15, 0.2) is 5.69 Å². The molecule has 0 aliphatic heterocycles. The van der Waals surface area contributed by atoms with Crippen LogP contribution in [-0.4, -0.2) is 35.9 Å². The van der Waals surface area contributed by atoms with Gasteiger partial charge in [-0.25, -0.2) is 14.3 Å². The van der Waals surface area contributed by atoms with E-state index in [9.17, 15) is 9.59 Å². The molecule has 2 rings (SSSR count). The lowest BCUT2D eigenvalue weighted by atomic mass is 10.2. The lowest BCUT2D eigenvalue weighted by Gasteiger charge is -2.05. The number of aromatic nitrogens is 2. The topological polar surface area (TPSA) is 70.4 Å². The van der Waals surface area contributed by atoms with Crippen LogP contribution in [0.5, 0.6) is 0 Å². The van der Waals surface area contributed by atoms with Gasteiger partial charge in [0.25, 0.3) is 0 Å². The van der Waals surface area contributed by atoms with E-state index in [0.29, 0.717) is 0 Å². The molecule has 0 radical (unpaired) electrons. The van der Waals surface area contributed by atoms with E-state index in [1.54, 1.807) is 0 Å². The molecule has 7 heteroatoms. The van der Waals surface area contributed by atoms with E-state index in [0.717, 1.165) is 15.7 Å². The van der Waals surface area contributed by atoms with E-state index < -0.39 is 11.9 Å². The Bertz CT molecular complexity index is 675. The van der Waals surface area contributed by atoms with Crippen LogP contribution in [0.2, 0.25) is 0 Å². The number of ether oxygens (including phenoxy) is 2. The lowest BCUT2D eigenvalue weighted by molar-refractivity contribution is 0.0552. The van der Waals surface area contributed by atoms with Gasteiger partial charge in [0.05, 0.1) is 19.9 Å². The molecule has 1 aromatic carbocycles. The van der Waals surface area contributed by atoms with E-state index in [4.69, 9.17) is 0 Å². The number of benzene rings is 1. The van der Waals surface area contributed by atoms with Gasteiger partial charge in [0.1, 0.15) is 5.56 Å². The molecular weight excluding hydrogens is 340 g/mol. The first-order valence-corrected chi connectivity index (χ1v) is 6.80. The van der Waals surface area contributed by atoms with Gasteiger partial charge in [0, 0.05) is 10.7 Å². The Balaban J connectivity index is 2.58. The fraction of sp³-hybridized carbons (Fsp3) is 0.214. The highest BCUT2D eigenvalue weighted by atomic mass is 79.9. The molecule has 2 aromatic rings. The minimum absolute atomic E-state index is 0.0617. The van der Waals surface area contributed by atoms with Crippen LogP contribution in [0.25, 0.3) is 5.69 Å². The predicted octanol–water partition coefficient (Wildman–Crippen LogP) is 2.52. The minimum Gasteiger partial charge on any atom is -0.465 e. The maximum atomic E-state index is 11.7. The highest BCUT2D eigenvalue weighted by Gasteiger charge is 2.24. The maximum absolute atomic E-state index is 11.7. The second kappa shape index (κ2) is 6.09. The molecule has 0 aliphatic rings. The Hall–Kier alpha value is -2.15. The quantitative estimate of drug-likeness (QED) is 0.793. The van der Waals surface area contributed by atoms with Gasteiger partial charge in [-0.2, -0.15) is 5.10 Å². The summed E-state index contributed by atoms with van der Waals surface area (Å²) in [7, 11) is 2.47. The van der Waals surface area contributed by atoms with Crippen molar-refractivity contribution in [3.05, 3.63) is 45.7 Å².